The summed E-state index contributed by atoms with van der Waals surface area (Å²) in [5, 5.41) is 3.45. The van der Waals surface area contributed by atoms with Gasteiger partial charge in [0.15, 0.2) is 0 Å². The number of aromatic nitrogens is 1. The molecule has 1 heterocycles. The van der Waals surface area contributed by atoms with E-state index in [2.05, 4.69) is 57.1 Å². The van der Waals surface area contributed by atoms with Gasteiger partial charge in [-0.3, -0.25) is 0 Å². The fraction of sp³-hybridized carbons (Fsp3) is 0.706. The molecule has 20 heavy (non-hydrogen) atoms. The van der Waals surface area contributed by atoms with Gasteiger partial charge in [-0.15, -0.1) is 0 Å². The predicted octanol–water partition coefficient (Wildman–Crippen LogP) is 4.31. The van der Waals surface area contributed by atoms with Crippen molar-refractivity contribution in [3.63, 3.8) is 0 Å². The maximum Gasteiger partial charge on any atom is 0.130 e. The molecule has 1 aromatic heterocycles. The van der Waals surface area contributed by atoms with Gasteiger partial charge in [-0.25, -0.2) is 4.98 Å². The van der Waals surface area contributed by atoms with Crippen LogP contribution in [0.25, 0.3) is 0 Å². The lowest BCUT2D eigenvalue weighted by molar-refractivity contribution is 0.320. The molecule has 1 aliphatic rings. The Kier molecular flexibility index (Phi) is 4.56. The fourth-order valence-corrected chi connectivity index (χ4v) is 3.12. The van der Waals surface area contributed by atoms with Gasteiger partial charge in [0, 0.05) is 18.6 Å². The number of nitrogens with one attached hydrogen (secondary N) is 1. The third-order valence-corrected chi connectivity index (χ3v) is 4.16. The van der Waals surface area contributed by atoms with Gasteiger partial charge in [-0.2, -0.15) is 0 Å². The second-order valence-electron chi connectivity index (χ2n) is 7.20. The molecule has 0 bridgehead atoms. The molecule has 2 unspecified atom stereocenters. The molecule has 0 aromatic carbocycles. The van der Waals surface area contributed by atoms with E-state index >= 15 is 0 Å². The molecule has 3 heteroatoms. The van der Waals surface area contributed by atoms with Gasteiger partial charge in [0.2, 0.25) is 0 Å². The van der Waals surface area contributed by atoms with Crippen molar-refractivity contribution in [2.24, 2.45) is 5.92 Å². The lowest BCUT2D eigenvalue weighted by Crippen LogP contribution is -2.39. The Balaban J connectivity index is 2.13. The van der Waals surface area contributed by atoms with Crippen molar-refractivity contribution in [3.8, 4) is 0 Å². The van der Waals surface area contributed by atoms with E-state index in [1.807, 2.05) is 6.07 Å². The standard InChI is InChI=1S/C17H29N3/c1-13-9-6-7-10-14(13)20(5)16-12-8-11-15(18-16)19-17(2,3)4/h8,11-14H,6-7,9-10H2,1-5H3,(H,18,19). The van der Waals surface area contributed by atoms with E-state index in [0.717, 1.165) is 17.6 Å². The highest BCUT2D eigenvalue weighted by Crippen LogP contribution is 2.30. The summed E-state index contributed by atoms with van der Waals surface area (Å²) in [6.07, 6.45) is 5.36. The van der Waals surface area contributed by atoms with Crippen molar-refractivity contribution in [1.29, 1.82) is 0 Å². The molecule has 1 aromatic rings. The summed E-state index contributed by atoms with van der Waals surface area (Å²) in [6, 6.07) is 6.89. The lowest BCUT2D eigenvalue weighted by Gasteiger charge is -2.37. The van der Waals surface area contributed by atoms with Crippen LogP contribution < -0.4 is 10.2 Å². The third-order valence-electron chi connectivity index (χ3n) is 4.16. The molecule has 1 saturated carbocycles. The summed E-state index contributed by atoms with van der Waals surface area (Å²) in [5.41, 5.74) is 0.0440. The zero-order chi connectivity index (χ0) is 14.8. The summed E-state index contributed by atoms with van der Waals surface area (Å²) in [7, 11) is 2.19. The van der Waals surface area contributed by atoms with E-state index in [1.165, 1.54) is 25.7 Å². The molecule has 3 nitrogen and oxygen atoms in total. The average molecular weight is 275 g/mol. The minimum atomic E-state index is 0.0440. The van der Waals surface area contributed by atoms with Gasteiger partial charge >= 0.3 is 0 Å². The second kappa shape index (κ2) is 6.02. The predicted molar refractivity (Wildman–Crippen MR) is 87.4 cm³/mol. The van der Waals surface area contributed by atoms with Crippen LogP contribution in [0.3, 0.4) is 0 Å². The Morgan fingerprint density at radius 2 is 1.90 bits per heavy atom. The molecule has 112 valence electrons. The largest absolute Gasteiger partial charge is 0.365 e. The van der Waals surface area contributed by atoms with E-state index in [1.54, 1.807) is 0 Å². The Labute approximate surface area is 123 Å². The number of hydrogen-bond donors (Lipinski definition) is 1. The molecular formula is C17H29N3. The van der Waals surface area contributed by atoms with Crippen LogP contribution >= 0.6 is 0 Å². The molecule has 1 fully saturated rings. The topological polar surface area (TPSA) is 28.2 Å². The number of hydrogen-bond acceptors (Lipinski definition) is 3. The van der Waals surface area contributed by atoms with Gasteiger partial charge in [-0.05, 0) is 51.7 Å². The fourth-order valence-electron chi connectivity index (χ4n) is 3.12. The van der Waals surface area contributed by atoms with Gasteiger partial charge in [0.1, 0.15) is 11.6 Å². The Morgan fingerprint density at radius 3 is 2.55 bits per heavy atom. The smallest absolute Gasteiger partial charge is 0.130 e. The van der Waals surface area contributed by atoms with Crippen molar-refractivity contribution in [1.82, 2.24) is 4.98 Å². The first-order valence-corrected chi connectivity index (χ1v) is 7.85. The van der Waals surface area contributed by atoms with Crippen molar-refractivity contribution in [2.45, 2.75) is 65.0 Å². The van der Waals surface area contributed by atoms with Crippen LogP contribution in [-0.2, 0) is 0 Å². The van der Waals surface area contributed by atoms with Crippen molar-refractivity contribution in [3.05, 3.63) is 18.2 Å². The van der Waals surface area contributed by atoms with E-state index < -0.39 is 0 Å². The number of nitrogens with zero attached hydrogens (tertiary/aromatic N) is 2. The molecule has 0 saturated heterocycles. The molecule has 0 radical (unpaired) electrons. The average Bonchev–Trinajstić information content (AvgIpc) is 2.37. The van der Waals surface area contributed by atoms with Crippen molar-refractivity contribution >= 4 is 11.6 Å². The molecule has 0 spiro atoms. The number of rotatable bonds is 3. The Morgan fingerprint density at radius 1 is 1.20 bits per heavy atom. The highest BCUT2D eigenvalue weighted by atomic mass is 15.2. The summed E-state index contributed by atoms with van der Waals surface area (Å²) in [5.74, 6) is 2.80. The zero-order valence-electron chi connectivity index (χ0n) is 13.6. The molecule has 2 rings (SSSR count). The molecule has 1 N–H and O–H groups in total. The maximum absolute atomic E-state index is 4.78. The van der Waals surface area contributed by atoms with Crippen LogP contribution in [0.1, 0.15) is 53.4 Å². The first kappa shape index (κ1) is 15.1. The van der Waals surface area contributed by atoms with Crippen LogP contribution in [-0.4, -0.2) is 23.6 Å². The monoisotopic (exact) mass is 275 g/mol. The normalized spacial score (nSPS) is 23.4. The van der Waals surface area contributed by atoms with Crippen molar-refractivity contribution < 1.29 is 0 Å². The summed E-state index contributed by atoms with van der Waals surface area (Å²) in [4.78, 5) is 7.16. The number of pyridine rings is 1. The van der Waals surface area contributed by atoms with Crippen LogP contribution in [0.4, 0.5) is 11.6 Å². The number of anilines is 2. The van der Waals surface area contributed by atoms with Crippen LogP contribution in [0, 0.1) is 5.92 Å². The zero-order valence-corrected chi connectivity index (χ0v) is 13.6. The Hall–Kier alpha value is -1.25. The SMILES string of the molecule is CC1CCCCC1N(C)c1cccc(NC(C)(C)C)n1. The maximum atomic E-state index is 4.78. The highest BCUT2D eigenvalue weighted by molar-refractivity contribution is 5.48. The summed E-state index contributed by atoms with van der Waals surface area (Å²) >= 11 is 0. The van der Waals surface area contributed by atoms with Gasteiger partial charge in [0.25, 0.3) is 0 Å². The molecule has 2 atom stereocenters. The lowest BCUT2D eigenvalue weighted by atomic mass is 9.85. The summed E-state index contributed by atoms with van der Waals surface area (Å²) in [6.45, 7) is 8.86. The first-order valence-electron chi connectivity index (χ1n) is 7.85. The summed E-state index contributed by atoms with van der Waals surface area (Å²) < 4.78 is 0. The minimum absolute atomic E-state index is 0.0440. The molecule has 0 aliphatic heterocycles. The van der Waals surface area contributed by atoms with Gasteiger partial charge < -0.3 is 10.2 Å². The molecule has 0 amide bonds. The first-order chi connectivity index (χ1) is 9.37. The second-order valence-corrected chi connectivity index (χ2v) is 7.20. The van der Waals surface area contributed by atoms with Crippen molar-refractivity contribution in [2.75, 3.05) is 17.3 Å². The Bertz CT molecular complexity index is 436. The van der Waals surface area contributed by atoms with E-state index in [-0.39, 0.29) is 5.54 Å². The van der Waals surface area contributed by atoms with E-state index in [0.29, 0.717) is 6.04 Å². The minimum Gasteiger partial charge on any atom is -0.365 e. The van der Waals surface area contributed by atoms with Crippen LogP contribution in [0.2, 0.25) is 0 Å². The van der Waals surface area contributed by atoms with E-state index in [4.69, 9.17) is 4.98 Å². The van der Waals surface area contributed by atoms with E-state index in [9.17, 15) is 0 Å². The third kappa shape index (κ3) is 3.87. The van der Waals surface area contributed by atoms with Gasteiger partial charge in [-0.1, -0.05) is 25.8 Å². The van der Waals surface area contributed by atoms with Gasteiger partial charge in [0.05, 0.1) is 0 Å². The van der Waals surface area contributed by atoms with Crippen LogP contribution in [0.15, 0.2) is 18.2 Å². The molecule has 1 aliphatic carbocycles. The molecular weight excluding hydrogens is 246 g/mol. The highest BCUT2D eigenvalue weighted by Gasteiger charge is 2.25. The van der Waals surface area contributed by atoms with Crippen LogP contribution in [0.5, 0.6) is 0 Å². The quantitative estimate of drug-likeness (QED) is 0.891.